The first-order valence-electron chi connectivity index (χ1n) is 5.90. The third-order valence-corrected chi connectivity index (χ3v) is 3.25. The summed E-state index contributed by atoms with van der Waals surface area (Å²) in [5, 5.41) is 9.16. The molecule has 0 aliphatic rings. The van der Waals surface area contributed by atoms with Crippen LogP contribution in [-0.4, -0.2) is 24.3 Å². The molecule has 96 valence electrons. The smallest absolute Gasteiger partial charge is 0.0606 e. The Morgan fingerprint density at radius 3 is 2.47 bits per heavy atom. The maximum Gasteiger partial charge on any atom is 0.0606 e. The van der Waals surface area contributed by atoms with Crippen molar-refractivity contribution in [1.82, 2.24) is 0 Å². The van der Waals surface area contributed by atoms with Crippen LogP contribution in [0.5, 0.6) is 0 Å². The molecule has 0 heterocycles. The van der Waals surface area contributed by atoms with Gasteiger partial charge in [-0.15, -0.1) is 0 Å². The lowest BCUT2D eigenvalue weighted by molar-refractivity contribution is 0.299. The van der Waals surface area contributed by atoms with Crippen LogP contribution in [0.4, 0.5) is 5.69 Å². The lowest BCUT2D eigenvalue weighted by Crippen LogP contribution is -2.34. The maximum absolute atomic E-state index is 9.16. The monoisotopic (exact) mass is 300 g/mol. The minimum Gasteiger partial charge on any atom is -0.395 e. The van der Waals surface area contributed by atoms with Crippen LogP contribution < -0.4 is 10.6 Å². The van der Waals surface area contributed by atoms with Crippen LogP contribution in [0.2, 0.25) is 0 Å². The minimum absolute atomic E-state index is 0.0157. The first kappa shape index (κ1) is 14.5. The number of nitrogens with two attached hydrogens (primary N) is 1. The molecule has 1 atom stereocenters. The van der Waals surface area contributed by atoms with E-state index in [0.717, 1.165) is 15.7 Å². The molecule has 0 aliphatic carbocycles. The summed E-state index contributed by atoms with van der Waals surface area (Å²) in [6, 6.07) is 6.41. The van der Waals surface area contributed by atoms with Crippen LogP contribution in [0.3, 0.4) is 0 Å². The molecule has 0 saturated carbocycles. The van der Waals surface area contributed by atoms with Crippen LogP contribution in [0.25, 0.3) is 0 Å². The van der Waals surface area contributed by atoms with E-state index in [2.05, 4.69) is 40.7 Å². The van der Waals surface area contributed by atoms with Crippen molar-refractivity contribution in [2.24, 2.45) is 5.73 Å². The molecule has 1 unspecified atom stereocenters. The molecule has 0 aromatic heterocycles. The Morgan fingerprint density at radius 2 is 2.00 bits per heavy atom. The predicted octanol–water partition coefficient (Wildman–Crippen LogP) is 2.68. The fourth-order valence-electron chi connectivity index (χ4n) is 1.92. The van der Waals surface area contributed by atoms with Crippen LogP contribution in [-0.2, 0) is 0 Å². The average molecular weight is 301 g/mol. The molecule has 0 amide bonds. The van der Waals surface area contributed by atoms with Gasteiger partial charge in [-0.2, -0.15) is 0 Å². The SMILES string of the molecule is CC(N)c1ccc(Br)cc1N(CCO)C(C)C. The minimum atomic E-state index is -0.0157. The van der Waals surface area contributed by atoms with Gasteiger partial charge in [0.25, 0.3) is 0 Å². The molecule has 3 N–H and O–H groups in total. The summed E-state index contributed by atoms with van der Waals surface area (Å²) in [7, 11) is 0. The van der Waals surface area contributed by atoms with E-state index in [1.54, 1.807) is 0 Å². The van der Waals surface area contributed by atoms with Crippen molar-refractivity contribution in [3.8, 4) is 0 Å². The topological polar surface area (TPSA) is 49.5 Å². The molecule has 1 aromatic carbocycles. The molecule has 0 aliphatic heterocycles. The highest BCUT2D eigenvalue weighted by Gasteiger charge is 2.16. The Balaban J connectivity index is 3.19. The predicted molar refractivity (Wildman–Crippen MR) is 76.3 cm³/mol. The van der Waals surface area contributed by atoms with Gasteiger partial charge in [-0.1, -0.05) is 22.0 Å². The molecular weight excluding hydrogens is 280 g/mol. The van der Waals surface area contributed by atoms with E-state index < -0.39 is 0 Å². The molecule has 0 radical (unpaired) electrons. The van der Waals surface area contributed by atoms with Gasteiger partial charge >= 0.3 is 0 Å². The lowest BCUT2D eigenvalue weighted by Gasteiger charge is -2.31. The van der Waals surface area contributed by atoms with E-state index >= 15 is 0 Å². The number of benzene rings is 1. The number of aliphatic hydroxyl groups excluding tert-OH is 1. The standard InChI is InChI=1S/C13H21BrN2O/c1-9(2)16(6-7-17)13-8-11(14)4-5-12(13)10(3)15/h4-5,8-10,17H,6-7,15H2,1-3H3. The quantitative estimate of drug-likeness (QED) is 0.879. The summed E-state index contributed by atoms with van der Waals surface area (Å²) < 4.78 is 1.03. The molecule has 4 heteroatoms. The zero-order chi connectivity index (χ0) is 13.0. The maximum atomic E-state index is 9.16. The Labute approximate surface area is 112 Å². The van der Waals surface area contributed by atoms with Gasteiger partial charge < -0.3 is 15.7 Å². The van der Waals surface area contributed by atoms with E-state index in [-0.39, 0.29) is 12.6 Å². The molecule has 1 rings (SSSR count). The van der Waals surface area contributed by atoms with Gasteiger partial charge in [-0.05, 0) is 38.5 Å². The number of aliphatic hydroxyl groups is 1. The number of anilines is 1. The largest absolute Gasteiger partial charge is 0.395 e. The second kappa shape index (κ2) is 6.38. The lowest BCUT2D eigenvalue weighted by atomic mass is 10.0. The normalized spacial score (nSPS) is 12.9. The van der Waals surface area contributed by atoms with E-state index in [1.807, 2.05) is 19.1 Å². The summed E-state index contributed by atoms with van der Waals surface area (Å²) in [6.45, 7) is 6.96. The second-order valence-corrected chi connectivity index (χ2v) is 5.42. The van der Waals surface area contributed by atoms with Crippen molar-refractivity contribution >= 4 is 21.6 Å². The third-order valence-electron chi connectivity index (χ3n) is 2.76. The summed E-state index contributed by atoms with van der Waals surface area (Å²) in [6.07, 6.45) is 0. The van der Waals surface area contributed by atoms with Crippen LogP contribution >= 0.6 is 15.9 Å². The van der Waals surface area contributed by atoms with Crippen LogP contribution in [0.15, 0.2) is 22.7 Å². The summed E-state index contributed by atoms with van der Waals surface area (Å²) in [5.41, 5.74) is 8.20. The molecule has 17 heavy (non-hydrogen) atoms. The van der Waals surface area contributed by atoms with E-state index in [9.17, 15) is 0 Å². The van der Waals surface area contributed by atoms with Crippen molar-refractivity contribution < 1.29 is 5.11 Å². The Bertz CT molecular complexity index is 366. The van der Waals surface area contributed by atoms with Crippen molar-refractivity contribution in [1.29, 1.82) is 0 Å². The zero-order valence-electron chi connectivity index (χ0n) is 10.7. The Kier molecular flexibility index (Phi) is 5.43. The van der Waals surface area contributed by atoms with Gasteiger partial charge in [0.1, 0.15) is 0 Å². The van der Waals surface area contributed by atoms with E-state index in [0.29, 0.717) is 12.6 Å². The molecule has 3 nitrogen and oxygen atoms in total. The Morgan fingerprint density at radius 1 is 1.35 bits per heavy atom. The molecule has 0 saturated heterocycles. The van der Waals surface area contributed by atoms with Crippen LogP contribution in [0.1, 0.15) is 32.4 Å². The fraction of sp³-hybridized carbons (Fsp3) is 0.538. The molecular formula is C13H21BrN2O. The van der Waals surface area contributed by atoms with Crippen LogP contribution in [0, 0.1) is 0 Å². The van der Waals surface area contributed by atoms with Gasteiger partial charge in [0.15, 0.2) is 0 Å². The van der Waals surface area contributed by atoms with Gasteiger partial charge in [0.05, 0.1) is 6.61 Å². The second-order valence-electron chi connectivity index (χ2n) is 4.50. The average Bonchev–Trinajstić information content (AvgIpc) is 2.24. The number of hydrogen-bond acceptors (Lipinski definition) is 3. The highest BCUT2D eigenvalue weighted by atomic mass is 79.9. The highest BCUT2D eigenvalue weighted by Crippen LogP contribution is 2.29. The zero-order valence-corrected chi connectivity index (χ0v) is 12.2. The molecule has 0 bridgehead atoms. The number of hydrogen-bond donors (Lipinski definition) is 2. The molecule has 0 spiro atoms. The van der Waals surface area contributed by atoms with Crippen molar-refractivity contribution in [2.45, 2.75) is 32.9 Å². The summed E-state index contributed by atoms with van der Waals surface area (Å²) >= 11 is 3.48. The van der Waals surface area contributed by atoms with Gasteiger partial charge in [-0.25, -0.2) is 0 Å². The van der Waals surface area contributed by atoms with E-state index in [4.69, 9.17) is 10.8 Å². The van der Waals surface area contributed by atoms with Gasteiger partial charge in [0, 0.05) is 28.8 Å². The first-order valence-corrected chi connectivity index (χ1v) is 6.69. The highest BCUT2D eigenvalue weighted by molar-refractivity contribution is 9.10. The third kappa shape index (κ3) is 3.69. The number of rotatable bonds is 5. The number of nitrogens with zero attached hydrogens (tertiary/aromatic N) is 1. The van der Waals surface area contributed by atoms with Crippen molar-refractivity contribution in [2.75, 3.05) is 18.1 Å². The van der Waals surface area contributed by atoms with E-state index in [1.165, 1.54) is 0 Å². The molecule has 0 fully saturated rings. The number of halogens is 1. The van der Waals surface area contributed by atoms with Crippen molar-refractivity contribution in [3.05, 3.63) is 28.2 Å². The summed E-state index contributed by atoms with van der Waals surface area (Å²) in [5.74, 6) is 0. The van der Waals surface area contributed by atoms with Crippen molar-refractivity contribution in [3.63, 3.8) is 0 Å². The van der Waals surface area contributed by atoms with Gasteiger partial charge in [0.2, 0.25) is 0 Å². The van der Waals surface area contributed by atoms with Gasteiger partial charge in [-0.3, -0.25) is 0 Å². The summed E-state index contributed by atoms with van der Waals surface area (Å²) in [4.78, 5) is 2.17. The first-order chi connectivity index (χ1) is 7.97. The molecule has 1 aromatic rings. The Hall–Kier alpha value is -0.580. The fourth-order valence-corrected chi connectivity index (χ4v) is 2.26.